The van der Waals surface area contributed by atoms with Crippen molar-refractivity contribution in [2.75, 3.05) is 13.7 Å². The zero-order valence-corrected chi connectivity index (χ0v) is 18.4. The van der Waals surface area contributed by atoms with Crippen LogP contribution in [-0.4, -0.2) is 40.2 Å². The van der Waals surface area contributed by atoms with E-state index in [1.54, 1.807) is 6.07 Å². The molecule has 8 nitrogen and oxygen atoms in total. The Hall–Kier alpha value is -3.74. The van der Waals surface area contributed by atoms with Gasteiger partial charge in [0.05, 0.1) is 24.3 Å². The van der Waals surface area contributed by atoms with Gasteiger partial charge in [-0.05, 0) is 30.2 Å². The third kappa shape index (κ3) is 4.72. The summed E-state index contributed by atoms with van der Waals surface area (Å²) in [6.07, 6.45) is 0.0293. The first kappa shape index (κ1) is 23.9. The largest absolute Gasteiger partial charge is 0.496 e. The summed E-state index contributed by atoms with van der Waals surface area (Å²) in [5.74, 6) is -1.78. The maximum Gasteiger partial charge on any atom is 0.341 e. The molecule has 10 heteroatoms. The van der Waals surface area contributed by atoms with Gasteiger partial charge in [-0.3, -0.25) is 9.79 Å². The van der Waals surface area contributed by atoms with E-state index in [0.29, 0.717) is 11.3 Å². The van der Waals surface area contributed by atoms with Gasteiger partial charge in [-0.1, -0.05) is 23.7 Å². The van der Waals surface area contributed by atoms with Crippen LogP contribution in [0.1, 0.15) is 34.6 Å². The summed E-state index contributed by atoms with van der Waals surface area (Å²) in [6, 6.07) is 9.29. The molecule has 0 saturated carbocycles. The lowest BCUT2D eigenvalue weighted by atomic mass is 10.00. The second kappa shape index (κ2) is 9.81. The topological polar surface area (TPSA) is 125 Å². The van der Waals surface area contributed by atoms with Crippen molar-refractivity contribution in [3.05, 3.63) is 74.3 Å². The fourth-order valence-electron chi connectivity index (χ4n) is 3.48. The normalized spacial score (nSPS) is 12.4. The number of carboxylic acids is 1. The number of benzene rings is 2. The minimum absolute atomic E-state index is 0.0106. The Morgan fingerprint density at radius 1 is 1.36 bits per heavy atom. The molecule has 33 heavy (non-hydrogen) atoms. The molecule has 0 aliphatic heterocycles. The summed E-state index contributed by atoms with van der Waals surface area (Å²) in [6.45, 7) is 0.873. The quantitative estimate of drug-likeness (QED) is 0.507. The number of aliphatic hydroxyl groups excluding tert-OH is 1. The molecule has 170 valence electrons. The first-order chi connectivity index (χ1) is 15.7. The molecule has 1 aromatic heterocycles. The lowest BCUT2D eigenvalue weighted by Gasteiger charge is -2.20. The summed E-state index contributed by atoms with van der Waals surface area (Å²) in [4.78, 5) is 28.8. The molecule has 0 fully saturated rings. The molecule has 0 aliphatic carbocycles. The Morgan fingerprint density at radius 2 is 2.09 bits per heavy atom. The number of carboxylic acid groups (broad SMARTS) is 1. The van der Waals surface area contributed by atoms with E-state index in [2.05, 4.69) is 4.99 Å². The lowest BCUT2D eigenvalue weighted by molar-refractivity contribution is 0.0694. The van der Waals surface area contributed by atoms with Gasteiger partial charge in [0.1, 0.15) is 35.1 Å². The second-order valence-electron chi connectivity index (χ2n) is 7.14. The molecule has 0 bridgehead atoms. The molecule has 1 atom stereocenters. The van der Waals surface area contributed by atoms with Gasteiger partial charge in [-0.25, -0.2) is 9.18 Å². The highest BCUT2D eigenvalue weighted by Crippen LogP contribution is 2.30. The van der Waals surface area contributed by atoms with Crippen molar-refractivity contribution in [2.45, 2.75) is 19.5 Å². The first-order valence-electron chi connectivity index (χ1n) is 9.69. The van der Waals surface area contributed by atoms with Crippen LogP contribution >= 0.6 is 11.6 Å². The number of halogens is 2. The first-order valence-corrected chi connectivity index (χ1v) is 10.1. The molecular formula is C23H19ClFN3O5. The van der Waals surface area contributed by atoms with Crippen LogP contribution in [0.3, 0.4) is 0 Å². The van der Waals surface area contributed by atoms with Crippen molar-refractivity contribution in [1.82, 2.24) is 4.57 Å². The number of aromatic nitrogens is 1. The van der Waals surface area contributed by atoms with Crippen molar-refractivity contribution in [3.8, 4) is 11.8 Å². The van der Waals surface area contributed by atoms with E-state index < -0.39 is 35.6 Å². The third-order valence-electron chi connectivity index (χ3n) is 5.07. The molecule has 0 spiro atoms. The van der Waals surface area contributed by atoms with Crippen molar-refractivity contribution >= 4 is 34.2 Å². The van der Waals surface area contributed by atoms with E-state index in [1.807, 2.05) is 6.07 Å². The Bertz CT molecular complexity index is 1380. The minimum Gasteiger partial charge on any atom is -0.496 e. The monoisotopic (exact) mass is 471 g/mol. The van der Waals surface area contributed by atoms with Crippen LogP contribution in [0, 0.1) is 17.1 Å². The third-order valence-corrected chi connectivity index (χ3v) is 5.36. The zero-order chi connectivity index (χ0) is 24.3. The molecule has 0 aliphatic rings. The van der Waals surface area contributed by atoms with Gasteiger partial charge >= 0.3 is 5.97 Å². The maximum atomic E-state index is 14.5. The number of hydrogen-bond donors (Lipinski definition) is 2. The van der Waals surface area contributed by atoms with Gasteiger partial charge in [0.2, 0.25) is 5.43 Å². The highest BCUT2D eigenvalue weighted by molar-refractivity contribution is 6.30. The molecule has 3 rings (SSSR count). The van der Waals surface area contributed by atoms with E-state index in [0.717, 1.165) is 6.20 Å². The van der Waals surface area contributed by atoms with E-state index in [4.69, 9.17) is 21.6 Å². The predicted octanol–water partition coefficient (Wildman–Crippen LogP) is 3.57. The highest BCUT2D eigenvalue weighted by Gasteiger charge is 2.21. The summed E-state index contributed by atoms with van der Waals surface area (Å²) in [7, 11) is 1.40. The van der Waals surface area contributed by atoms with Crippen LogP contribution in [0.2, 0.25) is 5.02 Å². The van der Waals surface area contributed by atoms with Crippen molar-refractivity contribution in [3.63, 3.8) is 0 Å². The van der Waals surface area contributed by atoms with Crippen LogP contribution in [0.5, 0.6) is 5.75 Å². The maximum absolute atomic E-state index is 14.5. The number of nitriles is 1. The van der Waals surface area contributed by atoms with Gasteiger partial charge in [-0.15, -0.1) is 0 Å². The van der Waals surface area contributed by atoms with E-state index in [1.165, 1.54) is 42.9 Å². The number of fused-ring (bicyclic) bond motifs is 1. The van der Waals surface area contributed by atoms with Crippen LogP contribution in [0.25, 0.3) is 10.9 Å². The second-order valence-corrected chi connectivity index (χ2v) is 7.55. The average molecular weight is 472 g/mol. The number of rotatable bonds is 7. The van der Waals surface area contributed by atoms with E-state index >= 15 is 0 Å². The fraction of sp³-hybridized carbons (Fsp3) is 0.217. The summed E-state index contributed by atoms with van der Waals surface area (Å²) in [5, 5.41) is 28.4. The minimum atomic E-state index is -1.47. The van der Waals surface area contributed by atoms with Crippen LogP contribution in [0.15, 0.2) is 46.3 Å². The average Bonchev–Trinajstić information content (AvgIpc) is 2.80. The van der Waals surface area contributed by atoms with E-state index in [9.17, 15) is 24.2 Å². The molecule has 0 radical (unpaired) electrons. The van der Waals surface area contributed by atoms with Gasteiger partial charge in [-0.2, -0.15) is 5.26 Å². The Morgan fingerprint density at radius 3 is 2.70 bits per heavy atom. The number of ether oxygens (including phenoxy) is 1. The van der Waals surface area contributed by atoms with Crippen molar-refractivity contribution in [1.29, 1.82) is 5.26 Å². The Kier molecular flexibility index (Phi) is 7.11. The van der Waals surface area contributed by atoms with Crippen molar-refractivity contribution in [2.24, 2.45) is 4.99 Å². The molecule has 2 aromatic carbocycles. The van der Waals surface area contributed by atoms with Crippen LogP contribution in [-0.2, 0) is 6.42 Å². The molecule has 1 unspecified atom stereocenters. The number of aliphatic imine (C=N–C) groups is 1. The molecule has 3 aromatic rings. The number of methoxy groups -OCH3 is 1. The van der Waals surface area contributed by atoms with Gasteiger partial charge < -0.3 is 19.5 Å². The van der Waals surface area contributed by atoms with Crippen LogP contribution < -0.4 is 10.2 Å². The molecule has 0 saturated heterocycles. The molecule has 1 heterocycles. The van der Waals surface area contributed by atoms with Gasteiger partial charge in [0, 0.05) is 24.1 Å². The summed E-state index contributed by atoms with van der Waals surface area (Å²) >= 11 is 5.87. The highest BCUT2D eigenvalue weighted by atomic mass is 35.5. The Balaban J connectivity index is 2.33. The van der Waals surface area contributed by atoms with E-state index in [-0.39, 0.29) is 33.6 Å². The molecule has 2 N–H and O–H groups in total. The summed E-state index contributed by atoms with van der Waals surface area (Å²) < 4.78 is 21.2. The number of nitrogens with zero attached hydrogens (tertiary/aromatic N) is 3. The standard InChI is InChI=1S/C23H19ClFN3O5/c1-12(9-26)27-20(11-29)28-10-16(23(31)32)22(30)15-7-14(19(33-2)8-18(15)28)6-13-4-3-5-17(24)21(13)25/h3-5,7-8,10,20,29H,6,11H2,1-2H3,(H,31,32). The molecule has 0 amide bonds. The van der Waals surface area contributed by atoms with Crippen LogP contribution in [0.4, 0.5) is 4.39 Å². The number of pyridine rings is 1. The Labute approximate surface area is 192 Å². The smallest absolute Gasteiger partial charge is 0.341 e. The number of hydrogen-bond acceptors (Lipinski definition) is 6. The summed E-state index contributed by atoms with van der Waals surface area (Å²) in [5.41, 5.74) is -0.340. The van der Waals surface area contributed by atoms with Gasteiger partial charge in [0.15, 0.2) is 0 Å². The molecular weight excluding hydrogens is 453 g/mol. The SMILES string of the molecule is COc1cc2c(cc1Cc1cccc(Cl)c1F)c(=O)c(C(=O)O)cn2C(CO)N=C(C)C#N. The lowest BCUT2D eigenvalue weighted by Crippen LogP contribution is -2.22. The fourth-order valence-corrected chi connectivity index (χ4v) is 3.68. The number of carbonyl (C=O) groups is 1. The van der Waals surface area contributed by atoms with Gasteiger partial charge in [0.25, 0.3) is 0 Å². The number of aliphatic hydroxyl groups is 1. The zero-order valence-electron chi connectivity index (χ0n) is 17.7. The number of aromatic carboxylic acids is 1. The van der Waals surface area contributed by atoms with Crippen molar-refractivity contribution < 1.29 is 24.1 Å². The predicted molar refractivity (Wildman–Crippen MR) is 121 cm³/mol.